The van der Waals surface area contributed by atoms with E-state index >= 15 is 0 Å². The molecule has 0 radical (unpaired) electrons. The number of hydrogen-bond acceptors (Lipinski definition) is 1. The maximum Gasteiger partial charge on any atom is 0.0429 e. The largest absolute Gasteiger partial charge is 0.261 e. The van der Waals surface area contributed by atoms with E-state index in [1.807, 2.05) is 0 Å². The van der Waals surface area contributed by atoms with Crippen LogP contribution in [0.25, 0.3) is 0 Å². The second-order valence-electron chi connectivity index (χ2n) is 7.41. The molecule has 0 saturated heterocycles. The van der Waals surface area contributed by atoms with Crippen LogP contribution in [-0.2, 0) is 0 Å². The highest BCUT2D eigenvalue weighted by molar-refractivity contribution is 8.32. The van der Waals surface area contributed by atoms with Gasteiger partial charge in [-0.25, -0.2) is 10.0 Å². The third-order valence-corrected chi connectivity index (χ3v) is 6.62. The SMILES string of the molecule is CC(C)c1ccc(C2C(C(C)C)C2S(C)(C)C)cn1. The summed E-state index contributed by atoms with van der Waals surface area (Å²) in [4.78, 5) is 4.66. The van der Waals surface area contributed by atoms with Crippen molar-refractivity contribution in [3.63, 3.8) is 0 Å². The lowest BCUT2D eigenvalue weighted by molar-refractivity contribution is 0.549. The first-order valence-electron chi connectivity index (χ1n) is 7.36. The Kier molecular flexibility index (Phi) is 4.02. The van der Waals surface area contributed by atoms with Gasteiger partial charge in [0.1, 0.15) is 0 Å². The fraction of sp³-hybridized carbons (Fsp3) is 0.706. The number of pyridine rings is 1. The van der Waals surface area contributed by atoms with Gasteiger partial charge in [0.05, 0.1) is 0 Å². The minimum atomic E-state index is -0.475. The standard InChI is InChI=1S/C17H29NS/c1-11(2)14-9-8-13(10-18-14)16-15(12(3)4)17(16)19(5,6)7/h8-12,15-17H,1-7H3. The molecule has 1 nitrogen and oxygen atoms in total. The van der Waals surface area contributed by atoms with Crippen LogP contribution in [0.4, 0.5) is 0 Å². The highest BCUT2D eigenvalue weighted by atomic mass is 32.3. The molecular weight excluding hydrogens is 250 g/mol. The predicted molar refractivity (Wildman–Crippen MR) is 88.5 cm³/mol. The summed E-state index contributed by atoms with van der Waals surface area (Å²) in [5.74, 6) is 2.93. The van der Waals surface area contributed by atoms with Crippen molar-refractivity contribution in [2.75, 3.05) is 18.8 Å². The molecule has 1 heterocycles. The van der Waals surface area contributed by atoms with Crippen LogP contribution in [-0.4, -0.2) is 29.0 Å². The van der Waals surface area contributed by atoms with Crippen LogP contribution < -0.4 is 0 Å². The van der Waals surface area contributed by atoms with Gasteiger partial charge in [-0.2, -0.15) is 0 Å². The molecule has 1 aliphatic rings. The quantitative estimate of drug-likeness (QED) is 0.782. The first kappa shape index (κ1) is 14.9. The molecule has 1 aromatic rings. The van der Waals surface area contributed by atoms with Gasteiger partial charge in [0.2, 0.25) is 0 Å². The van der Waals surface area contributed by atoms with E-state index in [1.165, 1.54) is 11.3 Å². The molecule has 0 spiro atoms. The number of hydrogen-bond donors (Lipinski definition) is 0. The lowest BCUT2D eigenvalue weighted by atomic mass is 10.0. The summed E-state index contributed by atoms with van der Waals surface area (Å²) >= 11 is 0. The monoisotopic (exact) mass is 279 g/mol. The predicted octanol–water partition coefficient (Wildman–Crippen LogP) is 4.64. The zero-order valence-corrected chi connectivity index (χ0v) is 14.3. The molecule has 0 bridgehead atoms. The lowest BCUT2D eigenvalue weighted by Gasteiger charge is -2.27. The summed E-state index contributed by atoms with van der Waals surface area (Å²) in [6.07, 6.45) is 9.52. The van der Waals surface area contributed by atoms with E-state index in [0.29, 0.717) is 5.92 Å². The molecule has 3 atom stereocenters. The summed E-state index contributed by atoms with van der Waals surface area (Å²) < 4.78 is 0. The Morgan fingerprint density at radius 3 is 2.00 bits per heavy atom. The molecule has 1 aliphatic carbocycles. The lowest BCUT2D eigenvalue weighted by Crippen LogP contribution is -2.04. The highest BCUT2D eigenvalue weighted by Crippen LogP contribution is 2.68. The van der Waals surface area contributed by atoms with Crippen LogP contribution in [0.2, 0.25) is 0 Å². The second-order valence-corrected chi connectivity index (χ2v) is 11.8. The first-order valence-corrected chi connectivity index (χ1v) is 10.3. The molecule has 1 aromatic heterocycles. The highest BCUT2D eigenvalue weighted by Gasteiger charge is 2.56. The van der Waals surface area contributed by atoms with E-state index in [0.717, 1.165) is 23.0 Å². The number of aromatic nitrogens is 1. The Labute approximate surface area is 120 Å². The van der Waals surface area contributed by atoms with Gasteiger partial charge >= 0.3 is 0 Å². The topological polar surface area (TPSA) is 12.9 Å². The molecule has 108 valence electrons. The van der Waals surface area contributed by atoms with Crippen molar-refractivity contribution in [1.29, 1.82) is 0 Å². The van der Waals surface area contributed by atoms with Gasteiger partial charge in [0.15, 0.2) is 0 Å². The van der Waals surface area contributed by atoms with E-state index in [-0.39, 0.29) is 0 Å². The van der Waals surface area contributed by atoms with E-state index in [1.54, 1.807) is 0 Å². The Hall–Kier alpha value is -0.500. The summed E-state index contributed by atoms with van der Waals surface area (Å²) in [6.45, 7) is 9.16. The fourth-order valence-electron chi connectivity index (χ4n) is 3.38. The molecule has 19 heavy (non-hydrogen) atoms. The smallest absolute Gasteiger partial charge is 0.0429 e. The minimum Gasteiger partial charge on any atom is -0.261 e. The van der Waals surface area contributed by atoms with Crippen LogP contribution in [0.5, 0.6) is 0 Å². The fourth-order valence-corrected chi connectivity index (χ4v) is 5.93. The van der Waals surface area contributed by atoms with Crippen molar-refractivity contribution in [2.45, 2.75) is 44.8 Å². The van der Waals surface area contributed by atoms with Gasteiger partial charge in [-0.15, -0.1) is 0 Å². The van der Waals surface area contributed by atoms with Crippen molar-refractivity contribution in [1.82, 2.24) is 4.98 Å². The van der Waals surface area contributed by atoms with Crippen LogP contribution in [0, 0.1) is 11.8 Å². The average Bonchev–Trinajstić information content (AvgIpc) is 3.04. The molecule has 1 saturated carbocycles. The van der Waals surface area contributed by atoms with E-state index in [2.05, 4.69) is 69.8 Å². The Bertz CT molecular complexity index is 428. The maximum absolute atomic E-state index is 4.66. The van der Waals surface area contributed by atoms with E-state index < -0.39 is 10.0 Å². The van der Waals surface area contributed by atoms with Crippen LogP contribution >= 0.6 is 10.0 Å². The van der Waals surface area contributed by atoms with Crippen molar-refractivity contribution in [3.05, 3.63) is 29.6 Å². The van der Waals surface area contributed by atoms with Gasteiger partial charge in [-0.1, -0.05) is 33.8 Å². The van der Waals surface area contributed by atoms with Crippen molar-refractivity contribution < 1.29 is 0 Å². The Morgan fingerprint density at radius 1 is 1.05 bits per heavy atom. The number of rotatable bonds is 4. The van der Waals surface area contributed by atoms with Gasteiger partial charge < -0.3 is 0 Å². The van der Waals surface area contributed by atoms with Gasteiger partial charge in [-0.05, 0) is 53.4 Å². The summed E-state index contributed by atoms with van der Waals surface area (Å²) in [5, 5.41) is 0.888. The first-order chi connectivity index (χ1) is 8.73. The van der Waals surface area contributed by atoms with E-state index in [4.69, 9.17) is 0 Å². The van der Waals surface area contributed by atoms with Crippen molar-refractivity contribution >= 4 is 10.0 Å². The molecule has 0 amide bonds. The van der Waals surface area contributed by atoms with E-state index in [9.17, 15) is 0 Å². The van der Waals surface area contributed by atoms with Gasteiger partial charge in [0, 0.05) is 17.8 Å². The second kappa shape index (κ2) is 5.12. The molecule has 0 N–H and O–H groups in total. The van der Waals surface area contributed by atoms with Crippen LogP contribution in [0.15, 0.2) is 18.3 Å². The molecule has 3 unspecified atom stereocenters. The van der Waals surface area contributed by atoms with Crippen molar-refractivity contribution in [2.24, 2.45) is 11.8 Å². The molecule has 1 fully saturated rings. The zero-order valence-electron chi connectivity index (χ0n) is 13.5. The summed E-state index contributed by atoms with van der Waals surface area (Å²) in [5.41, 5.74) is 2.68. The normalized spacial score (nSPS) is 27.9. The summed E-state index contributed by atoms with van der Waals surface area (Å²) in [7, 11) is -0.475. The number of nitrogens with zero attached hydrogens (tertiary/aromatic N) is 1. The Balaban J connectivity index is 2.22. The van der Waals surface area contributed by atoms with Crippen LogP contribution in [0.3, 0.4) is 0 Å². The Morgan fingerprint density at radius 2 is 1.68 bits per heavy atom. The van der Waals surface area contributed by atoms with Crippen LogP contribution in [0.1, 0.15) is 50.8 Å². The summed E-state index contributed by atoms with van der Waals surface area (Å²) in [6, 6.07) is 4.55. The third kappa shape index (κ3) is 2.99. The molecule has 2 rings (SSSR count). The van der Waals surface area contributed by atoms with Gasteiger partial charge in [-0.3, -0.25) is 4.98 Å². The molecular formula is C17H29NS. The van der Waals surface area contributed by atoms with Crippen molar-refractivity contribution in [3.8, 4) is 0 Å². The molecule has 2 heteroatoms. The molecule has 0 aliphatic heterocycles. The van der Waals surface area contributed by atoms with Gasteiger partial charge in [0.25, 0.3) is 0 Å². The molecule has 0 aromatic carbocycles. The zero-order chi connectivity index (χ0) is 14.4. The maximum atomic E-state index is 4.66. The average molecular weight is 279 g/mol. The third-order valence-electron chi connectivity index (χ3n) is 4.38. The minimum absolute atomic E-state index is 0.475.